The molecule has 52 heavy (non-hydrogen) atoms. The van der Waals surface area contributed by atoms with Crippen LogP contribution in [0.1, 0.15) is 94.2 Å². The third-order valence-corrected chi connectivity index (χ3v) is 29.3. The molecule has 2 heterocycles. The Bertz CT molecular complexity index is 1620. The molecular formula is C43H70LiN5Si3. The van der Waals surface area contributed by atoms with E-state index in [0.717, 1.165) is 26.2 Å². The predicted molar refractivity (Wildman–Crippen MR) is 234 cm³/mol. The van der Waals surface area contributed by atoms with Crippen LogP contribution in [0, 0.1) is 35.5 Å². The molecule has 2 aliphatic heterocycles. The van der Waals surface area contributed by atoms with Gasteiger partial charge in [0.25, 0.3) is 0 Å². The van der Waals surface area contributed by atoms with E-state index in [-0.39, 0.29) is 40.5 Å². The van der Waals surface area contributed by atoms with Crippen molar-refractivity contribution in [1.82, 2.24) is 0 Å². The molecular weight excluding hydrogens is 678 g/mol. The van der Waals surface area contributed by atoms with Crippen molar-refractivity contribution in [2.75, 3.05) is 44.4 Å². The minimum Gasteiger partial charge on any atom is -0.595 e. The van der Waals surface area contributed by atoms with Crippen molar-refractivity contribution >= 4 is 52.2 Å². The molecule has 0 unspecified atom stereocenters. The fraction of sp³-hybridized carbons (Fsp3) is 0.581. The molecule has 0 fully saturated rings. The maximum atomic E-state index is 7.14. The van der Waals surface area contributed by atoms with Crippen LogP contribution in [0.25, 0.3) is 4.65 Å². The van der Waals surface area contributed by atoms with Crippen LogP contribution in [0.5, 0.6) is 0 Å². The number of aryl methyl sites for hydroxylation is 2. The van der Waals surface area contributed by atoms with E-state index in [9.17, 15) is 0 Å². The van der Waals surface area contributed by atoms with Gasteiger partial charge in [-0.3, -0.25) is 0 Å². The Morgan fingerprint density at radius 2 is 0.769 bits per heavy atom. The number of fused-ring (bicyclic) bond motifs is 2. The maximum absolute atomic E-state index is 7.14. The van der Waals surface area contributed by atoms with Gasteiger partial charge in [0.05, 0.1) is 30.3 Å². The molecule has 0 saturated carbocycles. The van der Waals surface area contributed by atoms with E-state index >= 15 is 0 Å². The Morgan fingerprint density at radius 3 is 1.06 bits per heavy atom. The number of rotatable bonds is 8. The van der Waals surface area contributed by atoms with Crippen molar-refractivity contribution in [2.24, 2.45) is 21.7 Å². The Morgan fingerprint density at radius 1 is 0.481 bits per heavy atom. The van der Waals surface area contributed by atoms with E-state index in [2.05, 4.69) is 202 Å². The van der Waals surface area contributed by atoms with Crippen LogP contribution in [-0.4, -0.2) is 50.4 Å². The second kappa shape index (κ2) is 14.3. The molecule has 5 nitrogen and oxygen atoms in total. The number of nitrogens with zero attached hydrogens (tertiary/aromatic N) is 5. The number of hydrogen-bond donors (Lipinski definition) is 0. The van der Waals surface area contributed by atoms with Gasteiger partial charge in [0.1, 0.15) is 8.08 Å². The van der Waals surface area contributed by atoms with Crippen LogP contribution in [-0.2, 0) is 0 Å². The Labute approximate surface area is 334 Å². The molecule has 0 N–H and O–H groups in total. The fourth-order valence-corrected chi connectivity index (χ4v) is 33.4. The quantitative estimate of drug-likeness (QED) is 0.218. The van der Waals surface area contributed by atoms with Gasteiger partial charge in [0.15, 0.2) is 8.56 Å². The first kappa shape index (κ1) is 42.8. The Kier molecular flexibility index (Phi) is 11.8. The first-order valence-electron chi connectivity index (χ1n) is 19.3. The Hall–Kier alpha value is -1.93. The van der Waals surface area contributed by atoms with Crippen LogP contribution in [0.15, 0.2) is 66.7 Å². The number of benzene rings is 3. The minimum absolute atomic E-state index is 0. The van der Waals surface area contributed by atoms with E-state index in [1.54, 1.807) is 0 Å². The summed E-state index contributed by atoms with van der Waals surface area (Å²) in [7, 11) is -8.30. The molecule has 0 saturated heterocycles. The summed E-state index contributed by atoms with van der Waals surface area (Å²) in [5.41, 5.74) is 8.51. The summed E-state index contributed by atoms with van der Waals surface area (Å²) in [4.78, 5) is 0. The zero-order valence-corrected chi connectivity index (χ0v) is 39.4. The monoisotopic (exact) mass is 748 g/mol. The third kappa shape index (κ3) is 8.04. The minimum atomic E-state index is -3.20. The molecule has 0 aliphatic carbocycles. The second-order valence-corrected chi connectivity index (χ2v) is 38.6. The molecule has 0 radical (unpaired) electrons. The normalized spacial score (nSPS) is 17.3. The molecule has 0 spiro atoms. The molecule has 0 aromatic heterocycles. The van der Waals surface area contributed by atoms with Gasteiger partial charge in [0, 0.05) is 26.2 Å². The topological polar surface area (TPSA) is 27.1 Å². The first-order valence-corrected chi connectivity index (χ1v) is 27.5. The average molecular weight is 748 g/mol. The summed E-state index contributed by atoms with van der Waals surface area (Å²) in [5.74, 6) is 0. The zero-order chi connectivity index (χ0) is 38.2. The van der Waals surface area contributed by atoms with Gasteiger partial charge >= 0.3 is 18.9 Å². The van der Waals surface area contributed by atoms with Gasteiger partial charge in [-0.25, -0.2) is 0 Å². The van der Waals surface area contributed by atoms with Gasteiger partial charge in [-0.1, -0.05) is 145 Å². The molecule has 0 bridgehead atoms. The number of anilines is 4. The summed E-state index contributed by atoms with van der Waals surface area (Å²) in [6.07, 6.45) is 0. The van der Waals surface area contributed by atoms with Crippen molar-refractivity contribution in [2.45, 2.75) is 117 Å². The van der Waals surface area contributed by atoms with Crippen LogP contribution < -0.4 is 42.3 Å². The number of hydrogen-bond acceptors (Lipinski definition) is 4. The van der Waals surface area contributed by atoms with Crippen molar-refractivity contribution in [3.8, 4) is 0 Å². The zero-order valence-electron chi connectivity index (χ0n) is 36.4. The van der Waals surface area contributed by atoms with Gasteiger partial charge in [0.2, 0.25) is 0 Å². The van der Waals surface area contributed by atoms with Crippen molar-refractivity contribution in [1.29, 1.82) is 0 Å². The Balaban J connectivity index is 0.00000605. The van der Waals surface area contributed by atoms with Crippen LogP contribution in [0.2, 0.25) is 19.6 Å². The molecule has 3 aromatic carbocycles. The summed E-state index contributed by atoms with van der Waals surface area (Å²) in [6.45, 7) is 45.6. The maximum Gasteiger partial charge on any atom is 1.00 e. The molecule has 0 amide bonds. The van der Waals surface area contributed by atoms with Crippen molar-refractivity contribution in [3.63, 3.8) is 0 Å². The molecule has 9 heteroatoms. The molecule has 3 aromatic rings. The molecule has 2 aliphatic rings. The summed E-state index contributed by atoms with van der Waals surface area (Å²) in [6, 6.07) is 25.7. The van der Waals surface area contributed by atoms with E-state index in [0.29, 0.717) is 0 Å². The largest absolute Gasteiger partial charge is 1.00 e. The van der Waals surface area contributed by atoms with Gasteiger partial charge in [-0.15, -0.1) is 0 Å². The van der Waals surface area contributed by atoms with Crippen LogP contribution in [0.4, 0.5) is 22.7 Å². The fourth-order valence-electron chi connectivity index (χ4n) is 8.59. The van der Waals surface area contributed by atoms with E-state index in [1.807, 2.05) is 0 Å². The third-order valence-electron chi connectivity index (χ3n) is 10.1. The smallest absolute Gasteiger partial charge is 0.595 e. The van der Waals surface area contributed by atoms with Gasteiger partial charge in [-0.2, -0.15) is 0 Å². The number of para-hydroxylation sites is 4. The molecule has 0 atom stereocenters. The van der Waals surface area contributed by atoms with Crippen LogP contribution in [0.3, 0.4) is 0 Å². The SMILES string of the molecule is Cc1cccc(C)c1[Si]1([N-][Si]2([Si](C)(C)C)N(CC(C)(C)C)c3ccccc3N2CC(C)(C)C)N(CC(C)(C)C)c2ccccc2N1CC(C)(C)C.[Li+]. The summed E-state index contributed by atoms with van der Waals surface area (Å²) >= 11 is 0. The summed E-state index contributed by atoms with van der Waals surface area (Å²) < 4.78 is 18.8. The molecule has 5 rings (SSSR count). The first-order chi connectivity index (χ1) is 23.2. The van der Waals surface area contributed by atoms with Crippen LogP contribution >= 0.6 is 0 Å². The van der Waals surface area contributed by atoms with Gasteiger partial charge < -0.3 is 22.9 Å². The predicted octanol–water partition coefficient (Wildman–Crippen LogP) is 8.02. The van der Waals surface area contributed by atoms with E-state index in [1.165, 1.54) is 39.1 Å². The summed E-state index contributed by atoms with van der Waals surface area (Å²) in [5, 5.41) is 1.49. The second-order valence-electron chi connectivity index (χ2n) is 21.5. The standard InChI is InChI=1S/C43H70N5Si3.Li/c1-33-23-22-24-34(2)39(33)50(45(29-40(3,4)5)35-25-18-19-26-36(35)46(50)30-41(6,7)8)44-51(49(15,16)17)47(31-42(9,10)11)37-27-20-21-28-38(37)48(51)32-43(12,13)14;/h18-28H,29-32H2,1-17H3;/q-1;+1. The van der Waals surface area contributed by atoms with Crippen molar-refractivity contribution in [3.05, 3.63) is 82.5 Å². The van der Waals surface area contributed by atoms with Gasteiger partial charge in [-0.05, 0) is 76.1 Å². The van der Waals surface area contributed by atoms with E-state index < -0.39 is 24.2 Å². The van der Waals surface area contributed by atoms with Crippen molar-refractivity contribution < 1.29 is 18.9 Å². The van der Waals surface area contributed by atoms with E-state index in [4.69, 9.17) is 4.65 Å². The molecule has 280 valence electrons. The average Bonchev–Trinajstić information content (AvgIpc) is 3.33.